The van der Waals surface area contributed by atoms with Crippen LogP contribution in [-0.4, -0.2) is 16.1 Å². The minimum atomic E-state index is -0.418. The van der Waals surface area contributed by atoms with Gasteiger partial charge in [-0.1, -0.05) is 18.2 Å². The molecule has 0 unspecified atom stereocenters. The summed E-state index contributed by atoms with van der Waals surface area (Å²) in [4.78, 5) is 17.1. The lowest BCUT2D eigenvalue weighted by Gasteiger charge is -2.13. The van der Waals surface area contributed by atoms with Crippen LogP contribution in [0.4, 0.5) is 10.1 Å². The zero-order valence-corrected chi connectivity index (χ0v) is 13.3. The molecule has 0 fully saturated rings. The van der Waals surface area contributed by atoms with Gasteiger partial charge in [0.25, 0.3) is 0 Å². The van der Waals surface area contributed by atoms with Crippen LogP contribution in [0.1, 0.15) is 6.92 Å². The molecule has 1 amide bonds. The van der Waals surface area contributed by atoms with Crippen LogP contribution >= 0.6 is 11.8 Å². The van der Waals surface area contributed by atoms with Gasteiger partial charge in [-0.2, -0.15) is 0 Å². The molecule has 1 aromatic heterocycles. The van der Waals surface area contributed by atoms with Crippen LogP contribution in [0.15, 0.2) is 65.7 Å². The number of carbonyl (C=O) groups excluding carboxylic acids is 1. The van der Waals surface area contributed by atoms with Crippen molar-refractivity contribution in [1.82, 2.24) is 4.98 Å². The first-order valence-corrected chi connectivity index (χ1v) is 8.09. The predicted molar refractivity (Wildman–Crippen MR) is 92.1 cm³/mol. The van der Waals surface area contributed by atoms with E-state index in [1.54, 1.807) is 31.3 Å². The lowest BCUT2D eigenvalue weighted by Crippen LogP contribution is -2.22. The van der Waals surface area contributed by atoms with Gasteiger partial charge in [-0.25, -0.2) is 4.39 Å². The minimum absolute atomic E-state index is 0.172. The summed E-state index contributed by atoms with van der Waals surface area (Å²) in [6, 6.07) is 15.8. The summed E-state index contributed by atoms with van der Waals surface area (Å²) in [5.74, 6) is -0.485. The number of pyridine rings is 1. The molecule has 1 heterocycles. The van der Waals surface area contributed by atoms with Gasteiger partial charge >= 0.3 is 0 Å². The van der Waals surface area contributed by atoms with E-state index in [0.29, 0.717) is 10.6 Å². The Labute approximate surface area is 137 Å². The van der Waals surface area contributed by atoms with E-state index in [-0.39, 0.29) is 11.7 Å². The Morgan fingerprint density at radius 2 is 1.96 bits per heavy atom. The highest BCUT2D eigenvalue weighted by atomic mass is 32.2. The van der Waals surface area contributed by atoms with Crippen molar-refractivity contribution in [1.29, 1.82) is 0 Å². The Hall–Kier alpha value is -2.40. The van der Waals surface area contributed by atoms with E-state index in [2.05, 4.69) is 10.3 Å². The molecule has 1 atom stereocenters. The fourth-order valence-corrected chi connectivity index (χ4v) is 3.12. The van der Waals surface area contributed by atoms with Crippen LogP contribution in [0.25, 0.3) is 10.9 Å². The molecule has 3 nitrogen and oxygen atoms in total. The second kappa shape index (κ2) is 6.79. The molecular weight excluding hydrogens is 311 g/mol. The van der Waals surface area contributed by atoms with Crippen LogP contribution in [0.5, 0.6) is 0 Å². The number of rotatable bonds is 4. The van der Waals surface area contributed by atoms with Crippen molar-refractivity contribution in [3.8, 4) is 0 Å². The summed E-state index contributed by atoms with van der Waals surface area (Å²) in [7, 11) is 0. The average Bonchev–Trinajstić information content (AvgIpc) is 2.57. The molecule has 5 heteroatoms. The van der Waals surface area contributed by atoms with E-state index in [1.165, 1.54) is 17.8 Å². The molecule has 0 aliphatic rings. The van der Waals surface area contributed by atoms with Crippen molar-refractivity contribution >= 4 is 34.3 Å². The van der Waals surface area contributed by atoms with Crippen molar-refractivity contribution in [3.05, 3.63) is 66.6 Å². The normalized spacial score (nSPS) is 12.1. The Morgan fingerprint density at radius 1 is 1.13 bits per heavy atom. The summed E-state index contributed by atoms with van der Waals surface area (Å²) < 4.78 is 13.7. The number of anilines is 1. The van der Waals surface area contributed by atoms with E-state index in [4.69, 9.17) is 0 Å². The Kier molecular flexibility index (Phi) is 4.57. The lowest BCUT2D eigenvalue weighted by molar-refractivity contribution is -0.115. The van der Waals surface area contributed by atoms with Crippen molar-refractivity contribution in [2.75, 3.05) is 5.32 Å². The van der Waals surface area contributed by atoms with E-state index in [0.717, 1.165) is 10.9 Å². The van der Waals surface area contributed by atoms with Gasteiger partial charge in [0.05, 0.1) is 16.5 Å². The molecule has 0 aliphatic carbocycles. The average molecular weight is 326 g/mol. The molecule has 0 saturated carbocycles. The van der Waals surface area contributed by atoms with Crippen LogP contribution in [0.2, 0.25) is 0 Å². The SMILES string of the molecule is C[C@H](Sc1ccccc1F)C(=O)Nc1cccc2ncccc12. The van der Waals surface area contributed by atoms with Gasteiger partial charge in [-0.3, -0.25) is 9.78 Å². The van der Waals surface area contributed by atoms with Crippen LogP contribution in [-0.2, 0) is 4.79 Å². The molecule has 2 aromatic carbocycles. The Bertz CT molecular complexity index is 848. The molecule has 0 bridgehead atoms. The molecular formula is C18H15FN2OS. The van der Waals surface area contributed by atoms with E-state index < -0.39 is 5.25 Å². The van der Waals surface area contributed by atoms with Gasteiger partial charge in [-0.05, 0) is 43.3 Å². The quantitative estimate of drug-likeness (QED) is 0.718. The van der Waals surface area contributed by atoms with Crippen LogP contribution in [0, 0.1) is 5.82 Å². The van der Waals surface area contributed by atoms with Crippen molar-refractivity contribution in [3.63, 3.8) is 0 Å². The van der Waals surface area contributed by atoms with Gasteiger partial charge in [0, 0.05) is 16.5 Å². The van der Waals surface area contributed by atoms with Gasteiger partial charge < -0.3 is 5.32 Å². The maximum absolute atomic E-state index is 13.7. The van der Waals surface area contributed by atoms with Crippen molar-refractivity contribution in [2.24, 2.45) is 0 Å². The topological polar surface area (TPSA) is 42.0 Å². The van der Waals surface area contributed by atoms with E-state index in [9.17, 15) is 9.18 Å². The third kappa shape index (κ3) is 3.51. The minimum Gasteiger partial charge on any atom is -0.324 e. The zero-order valence-electron chi connectivity index (χ0n) is 12.5. The maximum Gasteiger partial charge on any atom is 0.237 e. The zero-order chi connectivity index (χ0) is 16.2. The fraction of sp³-hybridized carbons (Fsp3) is 0.111. The van der Waals surface area contributed by atoms with Gasteiger partial charge in [0.1, 0.15) is 5.82 Å². The van der Waals surface area contributed by atoms with Gasteiger partial charge in [0.2, 0.25) is 5.91 Å². The Morgan fingerprint density at radius 3 is 2.78 bits per heavy atom. The third-order valence-corrected chi connectivity index (χ3v) is 4.57. The second-order valence-corrected chi connectivity index (χ2v) is 6.44. The highest BCUT2D eigenvalue weighted by Gasteiger charge is 2.17. The lowest BCUT2D eigenvalue weighted by atomic mass is 10.2. The van der Waals surface area contributed by atoms with E-state index in [1.807, 2.05) is 30.3 Å². The highest BCUT2D eigenvalue weighted by molar-refractivity contribution is 8.00. The molecule has 116 valence electrons. The molecule has 0 radical (unpaired) electrons. The number of halogens is 1. The summed E-state index contributed by atoms with van der Waals surface area (Å²) in [5, 5.41) is 3.37. The van der Waals surface area contributed by atoms with Crippen molar-refractivity contribution in [2.45, 2.75) is 17.1 Å². The van der Waals surface area contributed by atoms with Gasteiger partial charge in [-0.15, -0.1) is 11.8 Å². The number of hydrogen-bond donors (Lipinski definition) is 1. The summed E-state index contributed by atoms with van der Waals surface area (Å²) in [5.41, 5.74) is 1.53. The second-order valence-electron chi connectivity index (χ2n) is 5.06. The first-order chi connectivity index (χ1) is 11.1. The number of aromatic nitrogens is 1. The number of fused-ring (bicyclic) bond motifs is 1. The standard InChI is InChI=1S/C18H15FN2OS/c1-12(23-17-10-3-2-7-14(17)19)18(22)21-16-9-4-8-15-13(16)6-5-11-20-15/h2-12H,1H3,(H,21,22)/t12-/m0/s1. The molecule has 0 saturated heterocycles. The molecule has 1 N–H and O–H groups in total. The van der Waals surface area contributed by atoms with Crippen LogP contribution in [0.3, 0.4) is 0 Å². The molecule has 3 aromatic rings. The Balaban J connectivity index is 1.77. The maximum atomic E-state index is 13.7. The smallest absolute Gasteiger partial charge is 0.237 e. The molecule has 0 aliphatic heterocycles. The van der Waals surface area contributed by atoms with Crippen LogP contribution < -0.4 is 5.32 Å². The number of benzene rings is 2. The largest absolute Gasteiger partial charge is 0.324 e. The monoisotopic (exact) mass is 326 g/mol. The summed E-state index contributed by atoms with van der Waals surface area (Å²) >= 11 is 1.20. The number of thioether (sulfide) groups is 1. The number of hydrogen-bond acceptors (Lipinski definition) is 3. The number of amides is 1. The van der Waals surface area contributed by atoms with Gasteiger partial charge in [0.15, 0.2) is 0 Å². The predicted octanol–water partition coefficient (Wildman–Crippen LogP) is 4.49. The first kappa shape index (κ1) is 15.5. The summed E-state index contributed by atoms with van der Waals surface area (Å²) in [6.07, 6.45) is 1.71. The first-order valence-electron chi connectivity index (χ1n) is 7.21. The third-order valence-electron chi connectivity index (χ3n) is 3.41. The molecule has 0 spiro atoms. The number of nitrogens with one attached hydrogen (secondary N) is 1. The van der Waals surface area contributed by atoms with E-state index >= 15 is 0 Å². The number of nitrogens with zero attached hydrogens (tertiary/aromatic N) is 1. The molecule has 3 rings (SSSR count). The summed E-state index contributed by atoms with van der Waals surface area (Å²) in [6.45, 7) is 1.76. The van der Waals surface area contributed by atoms with Crippen molar-refractivity contribution < 1.29 is 9.18 Å². The fourth-order valence-electron chi connectivity index (χ4n) is 2.23. The molecule has 23 heavy (non-hydrogen) atoms. The highest BCUT2D eigenvalue weighted by Crippen LogP contribution is 2.27. The number of carbonyl (C=O) groups is 1.